The Balaban J connectivity index is 1.48. The van der Waals surface area contributed by atoms with Crippen LogP contribution < -0.4 is 4.90 Å². The molecule has 3 aromatic rings. The number of rotatable bonds is 3. The van der Waals surface area contributed by atoms with E-state index in [0.717, 1.165) is 5.39 Å². The second kappa shape index (κ2) is 6.47. The Morgan fingerprint density at radius 1 is 1.12 bits per heavy atom. The summed E-state index contributed by atoms with van der Waals surface area (Å²) in [5.41, 5.74) is 0.656. The van der Waals surface area contributed by atoms with Crippen molar-refractivity contribution < 1.29 is 14.1 Å². The van der Waals surface area contributed by atoms with E-state index < -0.39 is 4.92 Å². The largest absolute Gasteiger partial charge is 0.451 e. The van der Waals surface area contributed by atoms with Gasteiger partial charge in [0.1, 0.15) is 5.58 Å². The van der Waals surface area contributed by atoms with Gasteiger partial charge in [0, 0.05) is 43.8 Å². The molecule has 0 radical (unpaired) electrons. The zero-order valence-electron chi connectivity index (χ0n) is 13.9. The van der Waals surface area contributed by atoms with Crippen LogP contribution >= 0.6 is 0 Å². The highest BCUT2D eigenvalue weighted by atomic mass is 16.6. The average molecular weight is 352 g/mol. The van der Waals surface area contributed by atoms with Gasteiger partial charge in [0.2, 0.25) is 5.82 Å². The Labute approximate surface area is 148 Å². The molecule has 132 valence electrons. The van der Waals surface area contributed by atoms with Crippen LogP contribution in [0.4, 0.5) is 11.5 Å². The number of nitro groups is 1. The van der Waals surface area contributed by atoms with E-state index >= 15 is 0 Å². The van der Waals surface area contributed by atoms with Crippen LogP contribution in [0.15, 0.2) is 53.1 Å². The third-order valence-electron chi connectivity index (χ3n) is 4.47. The lowest BCUT2D eigenvalue weighted by atomic mass is 10.2. The van der Waals surface area contributed by atoms with E-state index in [1.54, 1.807) is 17.0 Å². The maximum absolute atomic E-state index is 12.7. The van der Waals surface area contributed by atoms with Crippen LogP contribution in [0, 0.1) is 10.1 Å². The summed E-state index contributed by atoms with van der Waals surface area (Å²) in [4.78, 5) is 31.1. The van der Waals surface area contributed by atoms with E-state index in [0.29, 0.717) is 43.3 Å². The molecule has 1 fully saturated rings. The summed E-state index contributed by atoms with van der Waals surface area (Å²) >= 11 is 0. The molecule has 2 aromatic heterocycles. The minimum atomic E-state index is -0.436. The topological polar surface area (TPSA) is 92.7 Å². The molecule has 0 unspecified atom stereocenters. The first-order chi connectivity index (χ1) is 12.6. The lowest BCUT2D eigenvalue weighted by Crippen LogP contribution is -2.49. The highest BCUT2D eigenvalue weighted by Gasteiger charge is 2.28. The predicted molar refractivity (Wildman–Crippen MR) is 95.2 cm³/mol. The molecule has 1 aliphatic heterocycles. The number of hydrogen-bond donors (Lipinski definition) is 0. The molecular formula is C18H16N4O4. The first-order valence-electron chi connectivity index (χ1n) is 8.26. The molecule has 4 rings (SSSR count). The van der Waals surface area contributed by atoms with Gasteiger partial charge in [0.25, 0.3) is 5.91 Å². The molecule has 3 heterocycles. The van der Waals surface area contributed by atoms with Crippen LogP contribution in [0.2, 0.25) is 0 Å². The summed E-state index contributed by atoms with van der Waals surface area (Å²) in [7, 11) is 0. The Hall–Kier alpha value is -3.42. The standard InChI is InChI=1S/C18H16N4O4/c23-18(16-12-13-4-1-2-6-15(13)26-16)21-10-8-20(9-11-21)17-14(22(24)25)5-3-7-19-17/h1-7,12H,8-11H2. The molecule has 0 spiro atoms. The molecule has 1 aromatic carbocycles. The zero-order valence-corrected chi connectivity index (χ0v) is 13.9. The quantitative estimate of drug-likeness (QED) is 0.531. The fourth-order valence-corrected chi connectivity index (χ4v) is 3.14. The van der Waals surface area contributed by atoms with Crippen molar-refractivity contribution in [3.8, 4) is 0 Å². The minimum absolute atomic E-state index is 0.0236. The van der Waals surface area contributed by atoms with Crippen LogP contribution in [0.25, 0.3) is 11.0 Å². The first-order valence-corrected chi connectivity index (χ1v) is 8.26. The Morgan fingerprint density at radius 3 is 2.62 bits per heavy atom. The lowest BCUT2D eigenvalue weighted by Gasteiger charge is -2.34. The number of pyridine rings is 1. The number of fused-ring (bicyclic) bond motifs is 1. The molecule has 1 amide bonds. The van der Waals surface area contributed by atoms with Crippen molar-refractivity contribution in [2.24, 2.45) is 0 Å². The monoisotopic (exact) mass is 352 g/mol. The second-order valence-corrected chi connectivity index (χ2v) is 6.03. The Morgan fingerprint density at radius 2 is 1.88 bits per heavy atom. The molecule has 26 heavy (non-hydrogen) atoms. The number of hydrogen-bond acceptors (Lipinski definition) is 6. The maximum Gasteiger partial charge on any atom is 0.311 e. The molecule has 0 aliphatic carbocycles. The van der Waals surface area contributed by atoms with E-state index in [9.17, 15) is 14.9 Å². The van der Waals surface area contributed by atoms with Gasteiger partial charge in [-0.3, -0.25) is 14.9 Å². The summed E-state index contributed by atoms with van der Waals surface area (Å²) in [6.45, 7) is 1.85. The third kappa shape index (κ3) is 2.85. The van der Waals surface area contributed by atoms with Crippen molar-refractivity contribution in [1.29, 1.82) is 0 Å². The van der Waals surface area contributed by atoms with Gasteiger partial charge in [-0.2, -0.15) is 0 Å². The van der Waals surface area contributed by atoms with Gasteiger partial charge < -0.3 is 14.2 Å². The van der Waals surface area contributed by atoms with Crippen molar-refractivity contribution in [2.75, 3.05) is 31.1 Å². The van der Waals surface area contributed by atoms with E-state index in [4.69, 9.17) is 4.42 Å². The smallest absolute Gasteiger partial charge is 0.311 e. The van der Waals surface area contributed by atoms with Crippen LogP contribution in [0.5, 0.6) is 0 Å². The highest BCUT2D eigenvalue weighted by Crippen LogP contribution is 2.26. The number of benzene rings is 1. The van der Waals surface area contributed by atoms with Crippen molar-refractivity contribution >= 4 is 28.4 Å². The van der Waals surface area contributed by atoms with Gasteiger partial charge in [0.15, 0.2) is 5.76 Å². The maximum atomic E-state index is 12.7. The summed E-state index contributed by atoms with van der Waals surface area (Å²) in [5.74, 6) is 0.480. The molecule has 1 aliphatic rings. The van der Waals surface area contributed by atoms with Crippen molar-refractivity contribution in [2.45, 2.75) is 0 Å². The van der Waals surface area contributed by atoms with Gasteiger partial charge in [-0.25, -0.2) is 4.98 Å². The lowest BCUT2D eigenvalue weighted by molar-refractivity contribution is -0.384. The fraction of sp³-hybridized carbons (Fsp3) is 0.222. The summed E-state index contributed by atoms with van der Waals surface area (Å²) in [6, 6.07) is 12.2. The number of piperazine rings is 1. The summed E-state index contributed by atoms with van der Waals surface area (Å²) in [6.07, 6.45) is 1.54. The number of furan rings is 1. The van der Waals surface area contributed by atoms with Gasteiger partial charge in [-0.15, -0.1) is 0 Å². The van der Waals surface area contributed by atoms with Crippen LogP contribution in [0.3, 0.4) is 0 Å². The molecular weight excluding hydrogens is 336 g/mol. The number of nitrogens with zero attached hydrogens (tertiary/aromatic N) is 4. The second-order valence-electron chi connectivity index (χ2n) is 6.03. The SMILES string of the molecule is O=C(c1cc2ccccc2o1)N1CCN(c2ncccc2[N+](=O)[O-])CC1. The number of aromatic nitrogens is 1. The van der Waals surface area contributed by atoms with E-state index in [2.05, 4.69) is 4.98 Å². The molecule has 8 nitrogen and oxygen atoms in total. The third-order valence-corrected chi connectivity index (χ3v) is 4.47. The van der Waals surface area contributed by atoms with Crippen molar-refractivity contribution in [1.82, 2.24) is 9.88 Å². The van der Waals surface area contributed by atoms with Gasteiger partial charge in [0.05, 0.1) is 4.92 Å². The van der Waals surface area contributed by atoms with Gasteiger partial charge >= 0.3 is 5.69 Å². The van der Waals surface area contributed by atoms with E-state index in [1.165, 1.54) is 12.3 Å². The molecule has 0 saturated carbocycles. The van der Waals surface area contributed by atoms with Crippen molar-refractivity contribution in [3.63, 3.8) is 0 Å². The molecule has 0 N–H and O–H groups in total. The molecule has 0 bridgehead atoms. The first kappa shape index (κ1) is 16.1. The average Bonchev–Trinajstić information content (AvgIpc) is 3.12. The number of para-hydroxylation sites is 1. The number of amides is 1. The van der Waals surface area contributed by atoms with E-state index in [1.807, 2.05) is 29.2 Å². The fourth-order valence-electron chi connectivity index (χ4n) is 3.14. The molecule has 8 heteroatoms. The van der Waals surface area contributed by atoms with Crippen LogP contribution in [0.1, 0.15) is 10.6 Å². The number of anilines is 1. The predicted octanol–water partition coefficient (Wildman–Crippen LogP) is 2.70. The molecule has 0 atom stereocenters. The van der Waals surface area contributed by atoms with Crippen LogP contribution in [-0.4, -0.2) is 46.9 Å². The normalized spacial score (nSPS) is 14.6. The number of carbonyl (C=O) groups is 1. The Bertz CT molecular complexity index is 943. The van der Waals surface area contributed by atoms with E-state index in [-0.39, 0.29) is 11.6 Å². The number of carbonyl (C=O) groups excluding carboxylic acids is 1. The van der Waals surface area contributed by atoms with Gasteiger partial charge in [-0.1, -0.05) is 18.2 Å². The highest BCUT2D eigenvalue weighted by molar-refractivity contribution is 5.96. The summed E-state index contributed by atoms with van der Waals surface area (Å²) < 4.78 is 5.64. The summed E-state index contributed by atoms with van der Waals surface area (Å²) in [5, 5.41) is 12.1. The van der Waals surface area contributed by atoms with Crippen molar-refractivity contribution in [3.05, 3.63) is 64.5 Å². The van der Waals surface area contributed by atoms with Crippen LogP contribution in [-0.2, 0) is 0 Å². The zero-order chi connectivity index (χ0) is 18.1. The minimum Gasteiger partial charge on any atom is -0.451 e. The Kier molecular flexibility index (Phi) is 4.00. The van der Waals surface area contributed by atoms with Gasteiger partial charge in [-0.05, 0) is 18.2 Å². The molecule has 1 saturated heterocycles.